The van der Waals surface area contributed by atoms with E-state index in [-0.39, 0.29) is 10.9 Å². The smallest absolute Gasteiger partial charge is 0.316 e. The molecule has 0 saturated carbocycles. The van der Waals surface area contributed by atoms with Crippen molar-refractivity contribution in [2.75, 3.05) is 31.5 Å². The number of amides is 1. The molecule has 0 fully saturated rings. The SMILES string of the molecule is COC(=O)CSc1nnc(NC(=O)C(c2ccccc2)N(C)S(C)(=O)=O)s1. The minimum absolute atomic E-state index is 0.0720. The Morgan fingerprint density at radius 1 is 1.30 bits per heavy atom. The van der Waals surface area contributed by atoms with Crippen LogP contribution in [0.1, 0.15) is 11.6 Å². The molecule has 1 unspecified atom stereocenters. The number of hydrogen-bond acceptors (Lipinski definition) is 9. The van der Waals surface area contributed by atoms with E-state index in [1.165, 1.54) is 14.2 Å². The number of nitrogens with one attached hydrogen (secondary N) is 1. The monoisotopic (exact) mass is 430 g/mol. The summed E-state index contributed by atoms with van der Waals surface area (Å²) >= 11 is 2.21. The summed E-state index contributed by atoms with van der Waals surface area (Å²) in [6.07, 6.45) is 1.03. The Morgan fingerprint density at radius 3 is 2.56 bits per heavy atom. The Labute approximate surface area is 165 Å². The molecule has 0 aliphatic carbocycles. The van der Waals surface area contributed by atoms with E-state index >= 15 is 0 Å². The zero-order valence-corrected chi connectivity index (χ0v) is 17.2. The van der Waals surface area contributed by atoms with E-state index < -0.39 is 27.9 Å². The summed E-state index contributed by atoms with van der Waals surface area (Å²) in [4.78, 5) is 23.9. The van der Waals surface area contributed by atoms with Crippen LogP contribution in [-0.2, 0) is 24.3 Å². The van der Waals surface area contributed by atoms with Crippen LogP contribution in [0, 0.1) is 0 Å². The molecule has 146 valence electrons. The number of nitrogens with zero attached hydrogens (tertiary/aromatic N) is 3. The van der Waals surface area contributed by atoms with Gasteiger partial charge in [0.25, 0.3) is 0 Å². The second-order valence-corrected chi connectivity index (χ2v) is 9.56. The number of aromatic nitrogens is 2. The lowest BCUT2D eigenvalue weighted by molar-refractivity contribution is -0.137. The van der Waals surface area contributed by atoms with Crippen molar-refractivity contribution in [2.24, 2.45) is 0 Å². The molecule has 0 spiro atoms. The summed E-state index contributed by atoms with van der Waals surface area (Å²) < 4.78 is 29.9. The molecule has 12 heteroatoms. The summed E-state index contributed by atoms with van der Waals surface area (Å²) in [6.45, 7) is 0. The average Bonchev–Trinajstić information content (AvgIpc) is 3.07. The van der Waals surface area contributed by atoms with E-state index in [4.69, 9.17) is 0 Å². The highest BCUT2D eigenvalue weighted by Gasteiger charge is 2.31. The van der Waals surface area contributed by atoms with E-state index in [0.29, 0.717) is 9.90 Å². The fraction of sp³-hybridized carbons (Fsp3) is 0.333. The first-order valence-electron chi connectivity index (χ1n) is 7.54. The molecule has 0 bridgehead atoms. The molecule has 1 aromatic heterocycles. The molecule has 0 aliphatic heterocycles. The molecule has 0 radical (unpaired) electrons. The van der Waals surface area contributed by atoms with Gasteiger partial charge in [0.2, 0.25) is 21.1 Å². The first kappa shape index (κ1) is 21.3. The van der Waals surface area contributed by atoms with Gasteiger partial charge >= 0.3 is 5.97 Å². The average molecular weight is 431 g/mol. The lowest BCUT2D eigenvalue weighted by atomic mass is 10.1. The number of sulfonamides is 1. The highest BCUT2D eigenvalue weighted by Crippen LogP contribution is 2.28. The van der Waals surface area contributed by atoms with Crippen LogP contribution in [-0.4, -0.2) is 61.0 Å². The van der Waals surface area contributed by atoms with Gasteiger partial charge < -0.3 is 4.74 Å². The van der Waals surface area contributed by atoms with Crippen LogP contribution in [0.4, 0.5) is 5.13 Å². The Morgan fingerprint density at radius 2 is 1.96 bits per heavy atom. The number of likely N-dealkylation sites (N-methyl/N-ethyl adjacent to an activating group) is 1. The Bertz CT molecular complexity index is 901. The Kier molecular flexibility index (Phi) is 7.30. The zero-order chi connectivity index (χ0) is 20.0. The number of anilines is 1. The van der Waals surface area contributed by atoms with Crippen molar-refractivity contribution >= 4 is 50.1 Å². The second kappa shape index (κ2) is 9.26. The predicted octanol–water partition coefficient (Wildman–Crippen LogP) is 1.37. The van der Waals surface area contributed by atoms with Gasteiger partial charge in [-0.15, -0.1) is 10.2 Å². The highest BCUT2D eigenvalue weighted by atomic mass is 32.2. The van der Waals surface area contributed by atoms with Crippen LogP contribution < -0.4 is 5.32 Å². The topological polar surface area (TPSA) is 119 Å². The molecule has 0 saturated heterocycles. The van der Waals surface area contributed by atoms with Crippen LogP contribution in [0.15, 0.2) is 34.7 Å². The number of carbonyl (C=O) groups excluding carboxylic acids is 2. The number of benzene rings is 1. The molecule has 2 aromatic rings. The van der Waals surface area contributed by atoms with E-state index in [9.17, 15) is 18.0 Å². The number of ether oxygens (including phenoxy) is 1. The third-order valence-corrected chi connectivity index (χ3v) is 6.63. The van der Waals surface area contributed by atoms with Crippen LogP contribution in [0.25, 0.3) is 0 Å². The minimum atomic E-state index is -3.62. The van der Waals surface area contributed by atoms with Gasteiger partial charge in [0, 0.05) is 7.05 Å². The number of thioether (sulfide) groups is 1. The lowest BCUT2D eigenvalue weighted by Gasteiger charge is -2.25. The van der Waals surface area contributed by atoms with Gasteiger partial charge in [0.1, 0.15) is 6.04 Å². The Hall–Kier alpha value is -2.02. The first-order valence-corrected chi connectivity index (χ1v) is 11.2. The van der Waals surface area contributed by atoms with Crippen LogP contribution in [0.2, 0.25) is 0 Å². The van der Waals surface area contributed by atoms with Gasteiger partial charge in [0.15, 0.2) is 4.34 Å². The van der Waals surface area contributed by atoms with Crippen molar-refractivity contribution in [2.45, 2.75) is 10.4 Å². The van der Waals surface area contributed by atoms with Gasteiger partial charge in [-0.05, 0) is 5.56 Å². The van der Waals surface area contributed by atoms with Gasteiger partial charge in [-0.1, -0.05) is 53.4 Å². The molecule has 27 heavy (non-hydrogen) atoms. The Balaban J connectivity index is 2.17. The predicted molar refractivity (Wildman–Crippen MR) is 103 cm³/mol. The molecule has 2 rings (SSSR count). The summed E-state index contributed by atoms with van der Waals surface area (Å²) in [5.41, 5.74) is 0.521. The van der Waals surface area contributed by atoms with Gasteiger partial charge in [-0.25, -0.2) is 8.42 Å². The highest BCUT2D eigenvalue weighted by molar-refractivity contribution is 8.01. The molecular formula is C15H18N4O5S3. The number of esters is 1. The molecular weight excluding hydrogens is 412 g/mol. The lowest BCUT2D eigenvalue weighted by Crippen LogP contribution is -2.38. The molecule has 1 heterocycles. The maximum atomic E-state index is 12.8. The van der Waals surface area contributed by atoms with E-state index in [1.54, 1.807) is 30.3 Å². The number of methoxy groups -OCH3 is 1. The molecule has 1 aromatic carbocycles. The van der Waals surface area contributed by atoms with Crippen molar-refractivity contribution in [1.29, 1.82) is 0 Å². The maximum absolute atomic E-state index is 12.8. The van der Waals surface area contributed by atoms with Gasteiger partial charge in [-0.3, -0.25) is 14.9 Å². The van der Waals surface area contributed by atoms with Crippen molar-refractivity contribution in [3.05, 3.63) is 35.9 Å². The summed E-state index contributed by atoms with van der Waals surface area (Å²) in [5.74, 6) is -0.891. The number of rotatable bonds is 8. The molecule has 1 atom stereocenters. The number of carbonyl (C=O) groups is 2. The summed E-state index contributed by atoms with van der Waals surface area (Å²) in [5, 5.41) is 10.5. The van der Waals surface area contributed by atoms with E-state index in [1.807, 2.05) is 0 Å². The summed E-state index contributed by atoms with van der Waals surface area (Å²) in [6, 6.07) is 7.49. The van der Waals surface area contributed by atoms with Crippen molar-refractivity contribution in [1.82, 2.24) is 14.5 Å². The third-order valence-electron chi connectivity index (χ3n) is 3.43. The fourth-order valence-electron chi connectivity index (χ4n) is 2.03. The molecule has 9 nitrogen and oxygen atoms in total. The van der Waals surface area contributed by atoms with Crippen molar-refractivity contribution in [3.63, 3.8) is 0 Å². The summed E-state index contributed by atoms with van der Waals surface area (Å²) in [7, 11) is -0.993. The third kappa shape index (κ3) is 5.99. The zero-order valence-electron chi connectivity index (χ0n) is 14.8. The number of hydrogen-bond donors (Lipinski definition) is 1. The first-order chi connectivity index (χ1) is 12.7. The van der Waals surface area contributed by atoms with Gasteiger partial charge in [0.05, 0.1) is 19.1 Å². The molecule has 1 N–H and O–H groups in total. The van der Waals surface area contributed by atoms with E-state index in [2.05, 4.69) is 20.3 Å². The van der Waals surface area contributed by atoms with Crippen molar-refractivity contribution < 1.29 is 22.7 Å². The molecule has 1 amide bonds. The largest absolute Gasteiger partial charge is 0.468 e. The quantitative estimate of drug-likeness (QED) is 0.379. The van der Waals surface area contributed by atoms with Crippen LogP contribution in [0.3, 0.4) is 0 Å². The van der Waals surface area contributed by atoms with Gasteiger partial charge in [-0.2, -0.15) is 4.31 Å². The van der Waals surface area contributed by atoms with Crippen LogP contribution >= 0.6 is 23.1 Å². The van der Waals surface area contributed by atoms with E-state index in [0.717, 1.165) is 33.7 Å². The molecule has 0 aliphatic rings. The van der Waals surface area contributed by atoms with Crippen LogP contribution in [0.5, 0.6) is 0 Å². The minimum Gasteiger partial charge on any atom is -0.468 e. The maximum Gasteiger partial charge on any atom is 0.316 e. The standard InChI is InChI=1S/C15H18N4O5S3/c1-19(27(3,22)23)12(10-7-5-4-6-8-10)13(21)16-14-17-18-15(26-14)25-9-11(20)24-2/h4-8,12H,9H2,1-3H3,(H,16,17,21). The second-order valence-electron chi connectivity index (χ2n) is 5.32. The van der Waals surface area contributed by atoms with Crippen molar-refractivity contribution in [3.8, 4) is 0 Å². The normalized spacial score (nSPS) is 12.6. The fourth-order valence-corrected chi connectivity index (χ4v) is 4.21.